The van der Waals surface area contributed by atoms with Gasteiger partial charge < -0.3 is 10.6 Å². The average Bonchev–Trinajstić information content (AvgIpc) is 2.63. The Hall–Kier alpha value is -2.93. The zero-order valence-electron chi connectivity index (χ0n) is 15.0. The molecule has 2 aromatic carbocycles. The fourth-order valence-electron chi connectivity index (χ4n) is 2.28. The van der Waals surface area contributed by atoms with Crippen LogP contribution in [-0.4, -0.2) is 33.9 Å². The first-order valence-corrected chi connectivity index (χ1v) is 9.21. The molecule has 140 valence electrons. The summed E-state index contributed by atoms with van der Waals surface area (Å²) in [6.07, 6.45) is 0. The SMILES string of the molecule is CC(=O)C(SC(C(C)=O)C(=O)Nc1ccccc1)C(=O)Nc1ccccc1. The molecular formula is C20H20N2O4S. The molecule has 2 N–H and O–H groups in total. The minimum absolute atomic E-state index is 0.438. The number of nitrogens with one attached hydrogen (secondary N) is 2. The largest absolute Gasteiger partial charge is 0.325 e. The van der Waals surface area contributed by atoms with Crippen LogP contribution in [0.3, 0.4) is 0 Å². The van der Waals surface area contributed by atoms with E-state index in [9.17, 15) is 19.2 Å². The Kier molecular flexibility index (Phi) is 7.31. The minimum atomic E-state index is -1.18. The van der Waals surface area contributed by atoms with Crippen molar-refractivity contribution in [2.75, 3.05) is 10.6 Å². The van der Waals surface area contributed by atoms with Crippen LogP contribution in [0.2, 0.25) is 0 Å². The maximum Gasteiger partial charge on any atom is 0.245 e. The fraction of sp³-hybridized carbons (Fsp3) is 0.200. The number of benzene rings is 2. The molecule has 0 saturated carbocycles. The zero-order valence-corrected chi connectivity index (χ0v) is 15.8. The van der Waals surface area contributed by atoms with E-state index in [1.54, 1.807) is 60.7 Å². The van der Waals surface area contributed by atoms with Crippen molar-refractivity contribution < 1.29 is 19.2 Å². The van der Waals surface area contributed by atoms with Crippen LogP contribution in [0.25, 0.3) is 0 Å². The number of thioether (sulfide) groups is 1. The van der Waals surface area contributed by atoms with E-state index >= 15 is 0 Å². The Bertz CT molecular complexity index is 755. The Morgan fingerprint density at radius 2 is 1.00 bits per heavy atom. The van der Waals surface area contributed by atoms with Gasteiger partial charge in [-0.25, -0.2) is 0 Å². The Balaban J connectivity index is 2.12. The lowest BCUT2D eigenvalue weighted by Crippen LogP contribution is -2.38. The van der Waals surface area contributed by atoms with Crippen molar-refractivity contribution in [3.05, 3.63) is 60.7 Å². The highest BCUT2D eigenvalue weighted by molar-refractivity contribution is 8.03. The van der Waals surface area contributed by atoms with E-state index in [1.807, 2.05) is 0 Å². The molecule has 2 rings (SSSR count). The summed E-state index contributed by atoms with van der Waals surface area (Å²) in [6, 6.07) is 17.3. The van der Waals surface area contributed by atoms with Gasteiger partial charge in [0, 0.05) is 11.4 Å². The maximum atomic E-state index is 12.5. The van der Waals surface area contributed by atoms with Crippen LogP contribution >= 0.6 is 11.8 Å². The van der Waals surface area contributed by atoms with Gasteiger partial charge in [0.1, 0.15) is 10.5 Å². The molecule has 0 fully saturated rings. The number of hydrogen-bond acceptors (Lipinski definition) is 5. The number of hydrogen-bond donors (Lipinski definition) is 2. The van der Waals surface area contributed by atoms with Crippen molar-refractivity contribution in [2.24, 2.45) is 0 Å². The summed E-state index contributed by atoms with van der Waals surface area (Å²) in [5, 5.41) is 2.91. The number of anilines is 2. The molecule has 6 nitrogen and oxygen atoms in total. The summed E-state index contributed by atoms with van der Waals surface area (Å²) < 4.78 is 0. The van der Waals surface area contributed by atoms with Gasteiger partial charge in [-0.1, -0.05) is 36.4 Å². The maximum absolute atomic E-state index is 12.5. The monoisotopic (exact) mass is 384 g/mol. The highest BCUT2D eigenvalue weighted by Crippen LogP contribution is 2.23. The van der Waals surface area contributed by atoms with Crippen LogP contribution in [0.4, 0.5) is 11.4 Å². The van der Waals surface area contributed by atoms with E-state index < -0.39 is 33.9 Å². The van der Waals surface area contributed by atoms with E-state index in [4.69, 9.17) is 0 Å². The molecule has 0 radical (unpaired) electrons. The molecule has 2 atom stereocenters. The third-order valence-electron chi connectivity index (χ3n) is 3.57. The first kappa shape index (κ1) is 20.4. The van der Waals surface area contributed by atoms with Gasteiger partial charge in [0.15, 0.2) is 11.6 Å². The molecule has 0 heterocycles. The molecule has 2 amide bonds. The first-order valence-electron chi connectivity index (χ1n) is 8.26. The molecule has 0 aliphatic heterocycles. The molecule has 2 aromatic rings. The van der Waals surface area contributed by atoms with Crippen molar-refractivity contribution in [2.45, 2.75) is 24.3 Å². The summed E-state index contributed by atoms with van der Waals surface area (Å²) in [5.74, 6) is -2.02. The number of carbonyl (C=O) groups excluding carboxylic acids is 4. The number of Topliss-reactive ketones (excluding diaryl/α,β-unsaturated/α-hetero) is 2. The Morgan fingerprint density at radius 1 is 0.667 bits per heavy atom. The number of carbonyl (C=O) groups is 4. The van der Waals surface area contributed by atoms with Crippen molar-refractivity contribution in [1.29, 1.82) is 0 Å². The second-order valence-corrected chi connectivity index (χ2v) is 7.04. The number of amides is 2. The molecule has 7 heteroatoms. The van der Waals surface area contributed by atoms with Gasteiger partial charge in [-0.2, -0.15) is 0 Å². The van der Waals surface area contributed by atoms with E-state index in [2.05, 4.69) is 10.6 Å². The van der Waals surface area contributed by atoms with Gasteiger partial charge >= 0.3 is 0 Å². The molecular weight excluding hydrogens is 364 g/mol. The standard InChI is InChI=1S/C20H20N2O4S/c1-13(23)17(19(25)21-15-9-5-3-6-10-15)27-18(14(2)24)20(26)22-16-11-7-4-8-12-16/h3-12,17-18H,1-2H3,(H,21,25)(H,22,26). The average molecular weight is 384 g/mol. The second-order valence-electron chi connectivity index (χ2n) is 5.83. The van der Waals surface area contributed by atoms with Crippen LogP contribution in [0, 0.1) is 0 Å². The highest BCUT2D eigenvalue weighted by atomic mass is 32.2. The Labute approximate surface area is 161 Å². The summed E-state index contributed by atoms with van der Waals surface area (Å²) >= 11 is 0.738. The van der Waals surface area contributed by atoms with Crippen molar-refractivity contribution in [3.63, 3.8) is 0 Å². The molecule has 0 spiro atoms. The van der Waals surface area contributed by atoms with Gasteiger partial charge in [-0.05, 0) is 38.1 Å². The van der Waals surface area contributed by atoms with Gasteiger partial charge in [0.05, 0.1) is 0 Å². The first-order chi connectivity index (χ1) is 12.9. The molecule has 0 aromatic heterocycles. The Morgan fingerprint density at radius 3 is 1.30 bits per heavy atom. The molecule has 0 aliphatic carbocycles. The van der Waals surface area contributed by atoms with Gasteiger partial charge in [-0.3, -0.25) is 19.2 Å². The molecule has 0 saturated heterocycles. The van der Waals surface area contributed by atoms with E-state index in [1.165, 1.54) is 13.8 Å². The van der Waals surface area contributed by atoms with E-state index in [0.29, 0.717) is 11.4 Å². The summed E-state index contributed by atoms with van der Waals surface area (Å²) in [5.41, 5.74) is 1.06. The van der Waals surface area contributed by atoms with Crippen LogP contribution < -0.4 is 10.6 Å². The van der Waals surface area contributed by atoms with Crippen molar-refractivity contribution in [1.82, 2.24) is 0 Å². The van der Waals surface area contributed by atoms with Crippen LogP contribution in [0.5, 0.6) is 0 Å². The quantitative estimate of drug-likeness (QED) is 0.683. The smallest absolute Gasteiger partial charge is 0.245 e. The lowest BCUT2D eigenvalue weighted by atomic mass is 10.2. The van der Waals surface area contributed by atoms with Crippen LogP contribution in [0.15, 0.2) is 60.7 Å². The predicted molar refractivity (Wildman–Crippen MR) is 107 cm³/mol. The van der Waals surface area contributed by atoms with E-state index in [0.717, 1.165) is 11.8 Å². The number of ketones is 2. The lowest BCUT2D eigenvalue weighted by molar-refractivity contribution is -0.124. The van der Waals surface area contributed by atoms with Gasteiger partial charge in [0.2, 0.25) is 11.8 Å². The van der Waals surface area contributed by atoms with Crippen molar-refractivity contribution >= 4 is 46.5 Å². The summed E-state index contributed by atoms with van der Waals surface area (Å²) in [6.45, 7) is 2.52. The zero-order chi connectivity index (χ0) is 19.8. The minimum Gasteiger partial charge on any atom is -0.325 e. The molecule has 0 bridgehead atoms. The molecule has 27 heavy (non-hydrogen) atoms. The third kappa shape index (κ3) is 6.07. The molecule has 0 aliphatic rings. The normalized spacial score (nSPS) is 12.5. The number of rotatable bonds is 8. The van der Waals surface area contributed by atoms with Crippen molar-refractivity contribution in [3.8, 4) is 0 Å². The molecule has 2 unspecified atom stereocenters. The van der Waals surface area contributed by atoms with Crippen LogP contribution in [0.1, 0.15) is 13.8 Å². The van der Waals surface area contributed by atoms with Gasteiger partial charge in [0.25, 0.3) is 0 Å². The summed E-state index contributed by atoms with van der Waals surface area (Å²) in [7, 11) is 0. The van der Waals surface area contributed by atoms with Gasteiger partial charge in [-0.15, -0.1) is 11.8 Å². The predicted octanol–water partition coefficient (Wildman–Crippen LogP) is 2.91. The van der Waals surface area contributed by atoms with E-state index in [-0.39, 0.29) is 0 Å². The number of para-hydroxylation sites is 2. The highest BCUT2D eigenvalue weighted by Gasteiger charge is 2.33. The summed E-state index contributed by atoms with van der Waals surface area (Å²) in [4.78, 5) is 49.0. The topological polar surface area (TPSA) is 92.3 Å². The lowest BCUT2D eigenvalue weighted by Gasteiger charge is -2.19. The van der Waals surface area contributed by atoms with Crippen LogP contribution in [-0.2, 0) is 19.2 Å². The second kappa shape index (κ2) is 9.68. The third-order valence-corrected chi connectivity index (χ3v) is 5.21. The fourth-order valence-corrected chi connectivity index (χ4v) is 3.30.